The number of rotatable bonds is 8. The number of hydrogen-bond donors (Lipinski definition) is 2. The smallest absolute Gasteiger partial charge is 0.335 e. The van der Waals surface area contributed by atoms with E-state index in [0.29, 0.717) is 12.8 Å². The molecule has 0 atom stereocenters. The van der Waals surface area contributed by atoms with Gasteiger partial charge in [-0.05, 0) is 141 Å². The molecule has 2 aliphatic carbocycles. The minimum absolute atomic E-state index is 0.0402. The number of aromatic carboxylic acids is 2. The van der Waals surface area contributed by atoms with Gasteiger partial charge in [-0.1, -0.05) is 91.8 Å². The zero-order chi connectivity index (χ0) is 36.4. The summed E-state index contributed by atoms with van der Waals surface area (Å²) in [7, 11) is -1.54. The van der Waals surface area contributed by atoms with Crippen molar-refractivity contribution in [3.63, 3.8) is 0 Å². The highest BCUT2D eigenvalue weighted by molar-refractivity contribution is 7.85. The van der Waals surface area contributed by atoms with Crippen molar-refractivity contribution in [2.45, 2.75) is 125 Å². The second-order valence-electron chi connectivity index (χ2n) is 17.1. The molecule has 6 rings (SSSR count). The van der Waals surface area contributed by atoms with Crippen LogP contribution in [0.25, 0.3) is 0 Å². The minimum atomic E-state index is -1.54. The Bertz CT molecular complexity index is 1870. The van der Waals surface area contributed by atoms with Gasteiger partial charge in [0.15, 0.2) is 0 Å². The molecule has 5 nitrogen and oxygen atoms in total. The van der Waals surface area contributed by atoms with Gasteiger partial charge in [-0.25, -0.2) is 13.8 Å². The Labute approximate surface area is 299 Å². The highest BCUT2D eigenvalue weighted by Crippen LogP contribution is 2.51. The average Bonchev–Trinajstić information content (AvgIpc) is 3.05. The van der Waals surface area contributed by atoms with Crippen LogP contribution in [0.2, 0.25) is 0 Å². The lowest BCUT2D eigenvalue weighted by molar-refractivity contribution is 0.0686. The van der Waals surface area contributed by atoms with Gasteiger partial charge < -0.3 is 10.2 Å². The summed E-state index contributed by atoms with van der Waals surface area (Å²) in [5, 5.41) is 19.1. The quantitative estimate of drug-likeness (QED) is 0.192. The Morgan fingerprint density at radius 3 is 1.16 bits per heavy atom. The summed E-state index contributed by atoms with van der Waals surface area (Å²) in [5.74, 6) is -1.91. The van der Waals surface area contributed by atoms with E-state index in [-0.39, 0.29) is 32.8 Å². The van der Waals surface area contributed by atoms with Crippen LogP contribution in [0.5, 0.6) is 0 Å². The maximum atomic E-state index is 15.4. The topological polar surface area (TPSA) is 91.7 Å². The van der Waals surface area contributed by atoms with E-state index in [1.807, 2.05) is 24.3 Å². The summed E-state index contributed by atoms with van der Waals surface area (Å²) in [6, 6.07) is 22.7. The Hall–Kier alpha value is -4.03. The summed E-state index contributed by atoms with van der Waals surface area (Å²) in [6.07, 6.45) is 5.21. The number of carboxylic acid groups (broad SMARTS) is 2. The van der Waals surface area contributed by atoms with E-state index in [4.69, 9.17) is 0 Å². The number of hydrogen-bond acceptors (Lipinski definition) is 3. The van der Waals surface area contributed by atoms with Crippen molar-refractivity contribution < 1.29 is 24.0 Å². The van der Waals surface area contributed by atoms with E-state index in [9.17, 15) is 19.8 Å². The lowest BCUT2D eigenvalue weighted by Crippen LogP contribution is -2.36. The predicted molar refractivity (Wildman–Crippen MR) is 201 cm³/mol. The van der Waals surface area contributed by atoms with Crippen LogP contribution in [0.4, 0.5) is 0 Å². The van der Waals surface area contributed by atoms with Crippen molar-refractivity contribution in [3.05, 3.63) is 128 Å². The fourth-order valence-electron chi connectivity index (χ4n) is 8.46. The van der Waals surface area contributed by atoms with E-state index in [2.05, 4.69) is 79.7 Å². The Morgan fingerprint density at radius 2 is 0.840 bits per heavy atom. The molecule has 0 spiro atoms. The van der Waals surface area contributed by atoms with Gasteiger partial charge in [-0.2, -0.15) is 0 Å². The van der Waals surface area contributed by atoms with Crippen molar-refractivity contribution in [3.8, 4) is 0 Å². The molecule has 50 heavy (non-hydrogen) atoms. The first kappa shape index (κ1) is 35.8. The van der Waals surface area contributed by atoms with Crippen LogP contribution < -0.4 is 0 Å². The summed E-state index contributed by atoms with van der Waals surface area (Å²) in [5.41, 5.74) is 9.31. The van der Waals surface area contributed by atoms with Crippen LogP contribution in [-0.2, 0) is 45.3 Å². The highest BCUT2D eigenvalue weighted by Gasteiger charge is 2.42. The molecule has 0 heterocycles. The number of fused-ring (bicyclic) bond motifs is 2. The predicted octanol–water partition coefficient (Wildman–Crippen LogP) is 10.1. The van der Waals surface area contributed by atoms with Crippen LogP contribution in [0.1, 0.15) is 146 Å². The molecule has 262 valence electrons. The molecule has 0 unspecified atom stereocenters. The van der Waals surface area contributed by atoms with Gasteiger partial charge in [0.05, 0.1) is 21.9 Å². The third-order valence-corrected chi connectivity index (χ3v) is 13.2. The molecule has 0 radical (unpaired) electrons. The molecule has 0 saturated heterocycles. The first-order valence-corrected chi connectivity index (χ1v) is 18.9. The van der Waals surface area contributed by atoms with E-state index >= 15 is 4.21 Å². The third-order valence-electron chi connectivity index (χ3n) is 11.7. The highest BCUT2D eigenvalue weighted by atomic mass is 32.2. The van der Waals surface area contributed by atoms with Crippen LogP contribution in [0, 0.1) is 0 Å². The molecule has 4 aromatic carbocycles. The lowest BCUT2D eigenvalue weighted by Gasteiger charge is -2.44. The van der Waals surface area contributed by atoms with Crippen molar-refractivity contribution in [2.75, 3.05) is 0 Å². The van der Waals surface area contributed by atoms with Gasteiger partial charge in [0.1, 0.15) is 0 Å². The van der Waals surface area contributed by atoms with Gasteiger partial charge in [0.25, 0.3) is 0 Å². The lowest BCUT2D eigenvalue weighted by atomic mass is 9.61. The molecule has 0 aromatic heterocycles. The van der Waals surface area contributed by atoms with Gasteiger partial charge in [-0.3, -0.25) is 0 Å². The first-order valence-electron chi connectivity index (χ1n) is 17.7. The molecule has 6 heteroatoms. The summed E-state index contributed by atoms with van der Waals surface area (Å²) in [4.78, 5) is 24.9. The van der Waals surface area contributed by atoms with Gasteiger partial charge in [0, 0.05) is 9.79 Å². The van der Waals surface area contributed by atoms with Gasteiger partial charge in [0.2, 0.25) is 0 Å². The molecule has 2 aliphatic rings. The van der Waals surface area contributed by atoms with Crippen LogP contribution in [0.3, 0.4) is 0 Å². The number of carbonyl (C=O) groups is 2. The summed E-state index contributed by atoms with van der Waals surface area (Å²) >= 11 is 0. The maximum Gasteiger partial charge on any atom is 0.335 e. The fraction of sp³-hybridized carbons (Fsp3) is 0.409. The fourth-order valence-corrected chi connectivity index (χ4v) is 9.87. The van der Waals surface area contributed by atoms with Crippen LogP contribution in [0.15, 0.2) is 82.6 Å². The zero-order valence-electron chi connectivity index (χ0n) is 30.7. The monoisotopic (exact) mass is 690 g/mol. The molecule has 0 bridgehead atoms. The third kappa shape index (κ3) is 6.48. The first-order chi connectivity index (χ1) is 23.3. The SMILES string of the molecule is CC1(C)CCC(C)(C)c2c1ccc(S(=O)c1ccc3c(c1Cc1ccc(C(=O)O)cc1)C(C)(C)CCC3(C)C)c2Cc1ccc(C(=O)O)cc1. The molecule has 0 fully saturated rings. The molecule has 0 amide bonds. The zero-order valence-corrected chi connectivity index (χ0v) is 31.5. The molecular formula is C44H50O5S. The van der Waals surface area contributed by atoms with E-state index in [1.165, 1.54) is 22.3 Å². The summed E-state index contributed by atoms with van der Waals surface area (Å²) in [6.45, 7) is 18.4. The standard InChI is InChI=1S/C44H50O5S/c1-41(2)21-23-43(5,6)37-31(25-27-9-13-29(14-10-27)39(45)46)35(19-17-33(37)41)50(49)36-20-18-34-38(44(7,8)24-22-42(34,3)4)32(36)26-28-11-15-30(16-12-28)40(47)48/h9-20H,21-26H2,1-8H3,(H,45,46)(H,47,48). The second kappa shape index (κ2) is 12.6. The van der Waals surface area contributed by atoms with Crippen molar-refractivity contribution in [1.82, 2.24) is 0 Å². The molecular weight excluding hydrogens is 641 g/mol. The molecule has 0 aliphatic heterocycles. The van der Waals surface area contributed by atoms with Gasteiger partial charge >= 0.3 is 11.9 Å². The number of carboxylic acids is 2. The number of benzene rings is 4. The van der Waals surface area contributed by atoms with E-state index in [0.717, 1.165) is 57.7 Å². The van der Waals surface area contributed by atoms with Crippen molar-refractivity contribution in [2.24, 2.45) is 0 Å². The van der Waals surface area contributed by atoms with Crippen molar-refractivity contribution >= 4 is 22.7 Å². The van der Waals surface area contributed by atoms with Crippen molar-refractivity contribution in [1.29, 1.82) is 0 Å². The van der Waals surface area contributed by atoms with Gasteiger partial charge in [-0.15, -0.1) is 0 Å². The minimum Gasteiger partial charge on any atom is -0.478 e. The molecule has 2 N–H and O–H groups in total. The molecule has 4 aromatic rings. The van der Waals surface area contributed by atoms with E-state index in [1.54, 1.807) is 24.3 Å². The molecule has 0 saturated carbocycles. The summed E-state index contributed by atoms with van der Waals surface area (Å²) < 4.78 is 15.4. The van der Waals surface area contributed by atoms with Crippen LogP contribution in [-0.4, -0.2) is 26.4 Å². The Morgan fingerprint density at radius 1 is 0.520 bits per heavy atom. The normalized spacial score (nSPS) is 18.3. The largest absolute Gasteiger partial charge is 0.478 e. The van der Waals surface area contributed by atoms with E-state index < -0.39 is 22.7 Å². The maximum absolute atomic E-state index is 15.4. The Balaban J connectivity index is 1.59. The Kier molecular flexibility index (Phi) is 9.04. The second-order valence-corrected chi connectivity index (χ2v) is 18.5. The van der Waals surface area contributed by atoms with Crippen LogP contribution >= 0.6 is 0 Å². The average molecular weight is 691 g/mol.